The second-order valence-corrected chi connectivity index (χ2v) is 3.24. The van der Waals surface area contributed by atoms with Gasteiger partial charge >= 0.3 is 5.97 Å². The van der Waals surface area contributed by atoms with Crippen LogP contribution in [0.3, 0.4) is 0 Å². The zero-order valence-corrected chi connectivity index (χ0v) is 8.99. The van der Waals surface area contributed by atoms with Crippen LogP contribution in [0.4, 0.5) is 0 Å². The molecule has 0 saturated carbocycles. The highest BCUT2D eigenvalue weighted by Gasteiger charge is 2.10. The molecule has 0 saturated heterocycles. The molecule has 4 heteroatoms. The molecular formula is C11H11ClO3. The lowest BCUT2D eigenvalue weighted by molar-refractivity contribution is 0.0600. The van der Waals surface area contributed by atoms with Crippen molar-refractivity contribution < 1.29 is 14.6 Å². The minimum absolute atomic E-state index is 0.0801. The number of rotatable bonds is 3. The Labute approximate surface area is 92.9 Å². The van der Waals surface area contributed by atoms with Gasteiger partial charge in [0.2, 0.25) is 0 Å². The summed E-state index contributed by atoms with van der Waals surface area (Å²) in [5.41, 5.74) is 1.05. The Morgan fingerprint density at radius 1 is 1.60 bits per heavy atom. The van der Waals surface area contributed by atoms with Crippen LogP contribution < -0.4 is 0 Å². The van der Waals surface area contributed by atoms with Gasteiger partial charge in [0.25, 0.3) is 0 Å². The van der Waals surface area contributed by atoms with Crippen LogP contribution in [0.5, 0.6) is 0 Å². The number of carbonyl (C=O) groups is 1. The quantitative estimate of drug-likeness (QED) is 0.804. The molecule has 0 radical (unpaired) electrons. The predicted octanol–water partition coefficient (Wildman–Crippen LogP) is 2.13. The maximum atomic E-state index is 11.4. The molecule has 1 aromatic rings. The van der Waals surface area contributed by atoms with E-state index in [1.165, 1.54) is 19.3 Å². The Balaban J connectivity index is 3.14. The molecular weight excluding hydrogens is 216 g/mol. The van der Waals surface area contributed by atoms with Crippen LogP contribution in [0.25, 0.3) is 6.08 Å². The van der Waals surface area contributed by atoms with Crippen LogP contribution in [0.1, 0.15) is 15.9 Å². The number of carbonyl (C=O) groups excluding carboxylic acids is 1. The highest BCUT2D eigenvalue weighted by molar-refractivity contribution is 6.31. The highest BCUT2D eigenvalue weighted by atomic mass is 35.5. The number of methoxy groups -OCH3 is 1. The average Bonchev–Trinajstić information content (AvgIpc) is 2.26. The van der Waals surface area contributed by atoms with E-state index in [9.17, 15) is 4.79 Å². The molecule has 0 aromatic heterocycles. The largest absolute Gasteiger partial charge is 0.465 e. The molecule has 0 atom stereocenters. The third-order valence-electron chi connectivity index (χ3n) is 1.82. The maximum Gasteiger partial charge on any atom is 0.338 e. The van der Waals surface area contributed by atoms with E-state index in [0.29, 0.717) is 16.1 Å². The van der Waals surface area contributed by atoms with E-state index in [1.54, 1.807) is 18.2 Å². The second-order valence-electron chi connectivity index (χ2n) is 2.81. The Hall–Kier alpha value is -1.32. The average molecular weight is 227 g/mol. The molecule has 0 unspecified atom stereocenters. The van der Waals surface area contributed by atoms with Crippen molar-refractivity contribution in [3.05, 3.63) is 40.4 Å². The van der Waals surface area contributed by atoms with Gasteiger partial charge < -0.3 is 9.84 Å². The van der Waals surface area contributed by atoms with E-state index in [1.807, 2.05) is 0 Å². The van der Waals surface area contributed by atoms with Crippen molar-refractivity contribution in [3.63, 3.8) is 0 Å². The number of hydrogen-bond donors (Lipinski definition) is 1. The van der Waals surface area contributed by atoms with Gasteiger partial charge in [0.05, 0.1) is 19.3 Å². The van der Waals surface area contributed by atoms with Gasteiger partial charge in [-0.15, -0.1) is 0 Å². The van der Waals surface area contributed by atoms with Gasteiger partial charge in [-0.2, -0.15) is 0 Å². The number of esters is 1. The normalized spacial score (nSPS) is 10.6. The van der Waals surface area contributed by atoms with Crippen LogP contribution in [-0.4, -0.2) is 24.8 Å². The Morgan fingerprint density at radius 3 is 2.93 bits per heavy atom. The predicted molar refractivity (Wildman–Crippen MR) is 58.9 cm³/mol. The van der Waals surface area contributed by atoms with E-state index in [2.05, 4.69) is 4.74 Å². The molecule has 0 aliphatic rings. The third kappa shape index (κ3) is 3.08. The number of aliphatic hydroxyl groups excluding tert-OH is 1. The fraction of sp³-hybridized carbons (Fsp3) is 0.182. The second kappa shape index (κ2) is 5.53. The lowest BCUT2D eigenvalue weighted by Gasteiger charge is -2.04. The molecule has 1 aromatic carbocycles. The van der Waals surface area contributed by atoms with Crippen molar-refractivity contribution in [1.82, 2.24) is 0 Å². The number of ether oxygens (including phenoxy) is 1. The molecule has 0 aliphatic heterocycles. The number of hydrogen-bond acceptors (Lipinski definition) is 3. The molecule has 15 heavy (non-hydrogen) atoms. The van der Waals surface area contributed by atoms with Crippen LogP contribution in [0, 0.1) is 0 Å². The van der Waals surface area contributed by atoms with Crippen LogP contribution in [0.15, 0.2) is 24.3 Å². The number of halogens is 1. The van der Waals surface area contributed by atoms with Crippen LogP contribution in [-0.2, 0) is 4.74 Å². The van der Waals surface area contributed by atoms with Gasteiger partial charge in [-0.05, 0) is 17.7 Å². The molecule has 0 aliphatic carbocycles. The summed E-state index contributed by atoms with van der Waals surface area (Å²) in [4.78, 5) is 11.4. The van der Waals surface area contributed by atoms with E-state index >= 15 is 0 Å². The van der Waals surface area contributed by atoms with Crippen molar-refractivity contribution in [2.24, 2.45) is 0 Å². The maximum absolute atomic E-state index is 11.4. The van der Waals surface area contributed by atoms with Gasteiger partial charge in [-0.3, -0.25) is 0 Å². The third-order valence-corrected chi connectivity index (χ3v) is 2.06. The molecule has 0 amide bonds. The van der Waals surface area contributed by atoms with Crippen LogP contribution >= 0.6 is 11.6 Å². The summed E-state index contributed by atoms with van der Waals surface area (Å²) in [5, 5.41) is 9.11. The summed E-state index contributed by atoms with van der Waals surface area (Å²) in [6, 6.07) is 4.90. The first-order valence-corrected chi connectivity index (χ1v) is 4.72. The van der Waals surface area contributed by atoms with E-state index in [0.717, 1.165) is 0 Å². The molecule has 80 valence electrons. The van der Waals surface area contributed by atoms with E-state index in [4.69, 9.17) is 16.7 Å². The fourth-order valence-electron chi connectivity index (χ4n) is 1.14. The standard InChI is InChI=1S/C11H11ClO3/c1-15-11(14)10-7-9(12)5-4-8(10)3-2-6-13/h2-5,7,13H,6H2,1H3. The zero-order valence-electron chi connectivity index (χ0n) is 8.24. The van der Waals surface area contributed by atoms with Gasteiger partial charge in [0.1, 0.15) is 0 Å². The Kier molecular flexibility index (Phi) is 4.34. The molecule has 0 spiro atoms. The number of aliphatic hydroxyl groups is 1. The lowest BCUT2D eigenvalue weighted by atomic mass is 10.1. The minimum Gasteiger partial charge on any atom is -0.465 e. The molecule has 3 nitrogen and oxygen atoms in total. The van der Waals surface area contributed by atoms with Gasteiger partial charge in [-0.1, -0.05) is 29.8 Å². The van der Waals surface area contributed by atoms with E-state index < -0.39 is 5.97 Å². The van der Waals surface area contributed by atoms with Gasteiger partial charge in [-0.25, -0.2) is 4.79 Å². The summed E-state index contributed by atoms with van der Waals surface area (Å²) < 4.78 is 4.62. The first-order valence-electron chi connectivity index (χ1n) is 4.34. The molecule has 1 rings (SSSR count). The lowest BCUT2D eigenvalue weighted by Crippen LogP contribution is -2.03. The zero-order chi connectivity index (χ0) is 11.3. The first kappa shape index (κ1) is 11.8. The van der Waals surface area contributed by atoms with Crippen molar-refractivity contribution in [3.8, 4) is 0 Å². The SMILES string of the molecule is COC(=O)c1cc(Cl)ccc1C=CCO. The summed E-state index contributed by atoms with van der Waals surface area (Å²) in [7, 11) is 1.31. The Morgan fingerprint density at radius 2 is 2.33 bits per heavy atom. The first-order chi connectivity index (χ1) is 7.19. The van der Waals surface area contributed by atoms with Gasteiger partial charge in [0.15, 0.2) is 0 Å². The van der Waals surface area contributed by atoms with Crippen molar-refractivity contribution in [1.29, 1.82) is 0 Å². The van der Waals surface area contributed by atoms with Crippen molar-refractivity contribution in [2.45, 2.75) is 0 Å². The fourth-order valence-corrected chi connectivity index (χ4v) is 1.31. The monoisotopic (exact) mass is 226 g/mol. The Bertz CT molecular complexity index is 385. The van der Waals surface area contributed by atoms with Crippen LogP contribution in [0.2, 0.25) is 5.02 Å². The topological polar surface area (TPSA) is 46.5 Å². The summed E-state index contributed by atoms with van der Waals surface area (Å²) in [6.07, 6.45) is 3.18. The van der Waals surface area contributed by atoms with Crippen molar-refractivity contribution >= 4 is 23.6 Å². The minimum atomic E-state index is -0.449. The molecule has 0 heterocycles. The highest BCUT2D eigenvalue weighted by Crippen LogP contribution is 2.18. The smallest absolute Gasteiger partial charge is 0.338 e. The van der Waals surface area contributed by atoms with Crippen molar-refractivity contribution in [2.75, 3.05) is 13.7 Å². The summed E-state index contributed by atoms with van der Waals surface area (Å²) >= 11 is 5.77. The van der Waals surface area contributed by atoms with Gasteiger partial charge in [0, 0.05) is 5.02 Å². The van der Waals surface area contributed by atoms with E-state index in [-0.39, 0.29) is 6.61 Å². The summed E-state index contributed by atoms with van der Waals surface area (Å²) in [5.74, 6) is -0.449. The molecule has 1 N–H and O–H groups in total. The molecule has 0 bridgehead atoms. The number of benzene rings is 1. The summed E-state index contributed by atoms with van der Waals surface area (Å²) in [6.45, 7) is -0.0801. The molecule has 0 fully saturated rings.